The molecular weight excluding hydrogens is 298 g/mol. The minimum atomic E-state index is -0.517. The number of hydrogen-bond donors (Lipinski definition) is 2. The second kappa shape index (κ2) is 7.30. The molecule has 4 nitrogen and oxygen atoms in total. The van der Waals surface area contributed by atoms with E-state index >= 15 is 0 Å². The fourth-order valence-electron chi connectivity index (χ4n) is 1.79. The van der Waals surface area contributed by atoms with Crippen molar-refractivity contribution in [2.45, 2.75) is 6.92 Å². The minimum absolute atomic E-state index is 0.0387. The van der Waals surface area contributed by atoms with Crippen LogP contribution in [0, 0.1) is 18.3 Å². The largest absolute Gasteiger partial charge is 0.360 e. The Labute approximate surface area is 134 Å². The summed E-state index contributed by atoms with van der Waals surface area (Å²) in [6.45, 7) is 1.94. The zero-order valence-corrected chi connectivity index (χ0v) is 12.7. The van der Waals surface area contributed by atoms with Gasteiger partial charge >= 0.3 is 0 Å². The zero-order chi connectivity index (χ0) is 15.9. The van der Waals surface area contributed by atoms with Crippen LogP contribution in [-0.4, -0.2) is 5.91 Å². The molecule has 5 heteroatoms. The zero-order valence-electron chi connectivity index (χ0n) is 11.9. The third-order valence-corrected chi connectivity index (χ3v) is 3.33. The molecule has 2 aromatic rings. The molecule has 0 aliphatic heterocycles. The molecule has 1 amide bonds. The first-order valence-corrected chi connectivity index (χ1v) is 6.98. The lowest BCUT2D eigenvalue weighted by Crippen LogP contribution is -2.14. The van der Waals surface area contributed by atoms with Gasteiger partial charge in [0.05, 0.1) is 10.7 Å². The molecule has 0 unspecified atom stereocenters. The van der Waals surface area contributed by atoms with Crippen LogP contribution in [0.15, 0.2) is 60.3 Å². The summed E-state index contributed by atoms with van der Waals surface area (Å²) < 4.78 is 0. The van der Waals surface area contributed by atoms with Crippen molar-refractivity contribution in [3.05, 3.63) is 70.9 Å². The number of hydrogen-bond acceptors (Lipinski definition) is 3. The van der Waals surface area contributed by atoms with Gasteiger partial charge in [0, 0.05) is 11.9 Å². The van der Waals surface area contributed by atoms with Gasteiger partial charge in [-0.3, -0.25) is 4.79 Å². The van der Waals surface area contributed by atoms with Crippen LogP contribution in [0.5, 0.6) is 0 Å². The van der Waals surface area contributed by atoms with Gasteiger partial charge in [0.1, 0.15) is 11.6 Å². The molecule has 0 atom stereocenters. The number of para-hydroxylation sites is 2. The predicted octanol–water partition coefficient (Wildman–Crippen LogP) is 4.11. The van der Waals surface area contributed by atoms with Crippen molar-refractivity contribution in [1.82, 2.24) is 0 Å². The number of carbonyl (C=O) groups is 1. The van der Waals surface area contributed by atoms with E-state index in [2.05, 4.69) is 10.6 Å². The van der Waals surface area contributed by atoms with Crippen molar-refractivity contribution in [3.63, 3.8) is 0 Å². The van der Waals surface area contributed by atoms with E-state index < -0.39 is 5.91 Å². The van der Waals surface area contributed by atoms with Crippen LogP contribution in [0.3, 0.4) is 0 Å². The molecule has 0 saturated carbocycles. The van der Waals surface area contributed by atoms with Crippen LogP contribution < -0.4 is 10.6 Å². The number of nitrogens with zero attached hydrogens (tertiary/aromatic N) is 1. The number of rotatable bonds is 4. The van der Waals surface area contributed by atoms with Crippen LogP contribution in [0.1, 0.15) is 5.56 Å². The van der Waals surface area contributed by atoms with E-state index in [4.69, 9.17) is 16.9 Å². The molecule has 0 heterocycles. The maximum atomic E-state index is 12.1. The summed E-state index contributed by atoms with van der Waals surface area (Å²) in [5, 5.41) is 15.1. The van der Waals surface area contributed by atoms with Gasteiger partial charge in [0.15, 0.2) is 0 Å². The first-order chi connectivity index (χ1) is 10.6. The molecule has 2 rings (SSSR count). The maximum absolute atomic E-state index is 12.1. The van der Waals surface area contributed by atoms with E-state index in [1.54, 1.807) is 24.3 Å². The monoisotopic (exact) mass is 311 g/mol. The van der Waals surface area contributed by atoms with Crippen molar-refractivity contribution in [2.75, 3.05) is 10.6 Å². The fraction of sp³-hybridized carbons (Fsp3) is 0.0588. The van der Waals surface area contributed by atoms with Crippen LogP contribution in [0.4, 0.5) is 11.4 Å². The van der Waals surface area contributed by atoms with E-state index in [-0.39, 0.29) is 5.57 Å². The highest BCUT2D eigenvalue weighted by Gasteiger charge is 2.11. The number of anilines is 2. The molecule has 0 aliphatic carbocycles. The Morgan fingerprint density at radius 2 is 1.77 bits per heavy atom. The Morgan fingerprint density at radius 3 is 2.41 bits per heavy atom. The van der Waals surface area contributed by atoms with Gasteiger partial charge in [-0.15, -0.1) is 0 Å². The molecule has 0 aliphatic rings. The van der Waals surface area contributed by atoms with Crippen LogP contribution in [-0.2, 0) is 4.79 Å². The summed E-state index contributed by atoms with van der Waals surface area (Å²) in [7, 11) is 0. The van der Waals surface area contributed by atoms with E-state index in [1.165, 1.54) is 6.20 Å². The second-order valence-corrected chi connectivity index (χ2v) is 4.97. The van der Waals surface area contributed by atoms with Crippen LogP contribution in [0.2, 0.25) is 5.02 Å². The lowest BCUT2D eigenvalue weighted by Gasteiger charge is -2.07. The van der Waals surface area contributed by atoms with Crippen molar-refractivity contribution < 1.29 is 4.79 Å². The Kier molecular flexibility index (Phi) is 5.18. The summed E-state index contributed by atoms with van der Waals surface area (Å²) in [6, 6.07) is 16.3. The highest BCUT2D eigenvalue weighted by atomic mass is 35.5. The van der Waals surface area contributed by atoms with Crippen molar-refractivity contribution in [2.24, 2.45) is 0 Å². The lowest BCUT2D eigenvalue weighted by atomic mass is 10.2. The molecular formula is C17H14ClN3O. The van der Waals surface area contributed by atoms with E-state index in [0.717, 1.165) is 11.3 Å². The summed E-state index contributed by atoms with van der Waals surface area (Å²) in [6.07, 6.45) is 1.38. The Hall–Kier alpha value is -2.77. The number of benzene rings is 2. The Balaban J connectivity index is 2.13. The average Bonchev–Trinajstić information content (AvgIpc) is 2.52. The van der Waals surface area contributed by atoms with Gasteiger partial charge in [0.2, 0.25) is 0 Å². The number of carbonyl (C=O) groups excluding carboxylic acids is 1. The SMILES string of the molecule is Cc1ccccc1N/C=C(/C#N)C(=O)Nc1ccccc1Cl. The summed E-state index contributed by atoms with van der Waals surface area (Å²) in [5.74, 6) is -0.517. The quantitative estimate of drug-likeness (QED) is 0.660. The average molecular weight is 312 g/mol. The van der Waals surface area contributed by atoms with Gasteiger partial charge in [-0.25, -0.2) is 0 Å². The first kappa shape index (κ1) is 15.6. The number of amides is 1. The molecule has 2 N–H and O–H groups in total. The minimum Gasteiger partial charge on any atom is -0.360 e. The highest BCUT2D eigenvalue weighted by Crippen LogP contribution is 2.21. The van der Waals surface area contributed by atoms with Gasteiger partial charge in [0.25, 0.3) is 5.91 Å². The standard InChI is InChI=1S/C17H14ClN3O/c1-12-6-2-4-8-15(12)20-11-13(10-19)17(22)21-16-9-5-3-7-14(16)18/h2-9,11,20H,1H3,(H,21,22)/b13-11-. The van der Waals surface area contributed by atoms with E-state index in [1.807, 2.05) is 37.3 Å². The first-order valence-electron chi connectivity index (χ1n) is 6.60. The van der Waals surface area contributed by atoms with Crippen molar-refractivity contribution in [3.8, 4) is 6.07 Å². The topological polar surface area (TPSA) is 64.9 Å². The third kappa shape index (κ3) is 3.87. The van der Waals surface area contributed by atoms with Crippen LogP contribution >= 0.6 is 11.6 Å². The Morgan fingerprint density at radius 1 is 1.14 bits per heavy atom. The van der Waals surface area contributed by atoms with Crippen molar-refractivity contribution in [1.29, 1.82) is 5.26 Å². The van der Waals surface area contributed by atoms with E-state index in [9.17, 15) is 4.79 Å². The van der Waals surface area contributed by atoms with Gasteiger partial charge in [-0.2, -0.15) is 5.26 Å². The fourth-order valence-corrected chi connectivity index (χ4v) is 1.97. The molecule has 0 bridgehead atoms. The lowest BCUT2D eigenvalue weighted by molar-refractivity contribution is -0.112. The van der Waals surface area contributed by atoms with E-state index in [0.29, 0.717) is 10.7 Å². The maximum Gasteiger partial charge on any atom is 0.267 e. The van der Waals surface area contributed by atoms with Gasteiger partial charge in [-0.05, 0) is 30.7 Å². The molecule has 22 heavy (non-hydrogen) atoms. The molecule has 0 spiro atoms. The number of nitriles is 1. The van der Waals surface area contributed by atoms with Gasteiger partial charge in [-0.1, -0.05) is 41.9 Å². The summed E-state index contributed by atoms with van der Waals surface area (Å²) in [4.78, 5) is 12.1. The van der Waals surface area contributed by atoms with Crippen LogP contribution in [0.25, 0.3) is 0 Å². The molecule has 0 aromatic heterocycles. The molecule has 0 fully saturated rings. The predicted molar refractivity (Wildman–Crippen MR) is 88.6 cm³/mol. The molecule has 2 aromatic carbocycles. The highest BCUT2D eigenvalue weighted by molar-refractivity contribution is 6.33. The van der Waals surface area contributed by atoms with Gasteiger partial charge < -0.3 is 10.6 Å². The normalized spacial score (nSPS) is 10.7. The smallest absolute Gasteiger partial charge is 0.267 e. The summed E-state index contributed by atoms with van der Waals surface area (Å²) in [5.41, 5.74) is 2.28. The number of nitrogens with one attached hydrogen (secondary N) is 2. The van der Waals surface area contributed by atoms with Crippen molar-refractivity contribution >= 4 is 28.9 Å². The second-order valence-electron chi connectivity index (χ2n) is 4.56. The molecule has 0 radical (unpaired) electrons. The number of halogens is 1. The molecule has 110 valence electrons. The third-order valence-electron chi connectivity index (χ3n) is 3.00. The Bertz CT molecular complexity index is 762. The summed E-state index contributed by atoms with van der Waals surface area (Å²) >= 11 is 5.98. The molecule has 0 saturated heterocycles. The number of aryl methyl sites for hydroxylation is 1.